The minimum Gasteiger partial charge on any atom is -0.455 e. The van der Waals surface area contributed by atoms with Gasteiger partial charge >= 0.3 is 5.97 Å². The Morgan fingerprint density at radius 2 is 1.68 bits per heavy atom. The highest BCUT2D eigenvalue weighted by molar-refractivity contribution is 6.06. The smallest absolute Gasteiger partial charge is 0.313 e. The normalized spacial score (nSPS) is 31.3. The van der Waals surface area contributed by atoms with Crippen LogP contribution in [0.3, 0.4) is 0 Å². The Morgan fingerprint density at radius 3 is 2.42 bits per heavy atom. The minimum atomic E-state index is -1.45. The van der Waals surface area contributed by atoms with Crippen LogP contribution in [0.4, 0.5) is 5.69 Å². The first-order chi connectivity index (χ1) is 24.2. The Hall–Kier alpha value is -4.80. The summed E-state index contributed by atoms with van der Waals surface area (Å²) < 4.78 is 12.9. The van der Waals surface area contributed by atoms with Crippen molar-refractivity contribution in [3.05, 3.63) is 103 Å². The number of hydrogen-bond donors (Lipinski definition) is 1. The van der Waals surface area contributed by atoms with E-state index < -0.39 is 59.6 Å². The van der Waals surface area contributed by atoms with Crippen LogP contribution in [0.25, 0.3) is 10.8 Å². The quantitative estimate of drug-likeness (QED) is 0.311. The number of hydrogen-bond acceptors (Lipinski definition) is 7. The first-order valence-corrected chi connectivity index (χ1v) is 17.5. The molecule has 5 bridgehead atoms. The monoisotopic (exact) mass is 677 g/mol. The largest absolute Gasteiger partial charge is 0.455 e. The van der Waals surface area contributed by atoms with Crippen molar-refractivity contribution in [2.75, 3.05) is 25.1 Å². The average molecular weight is 678 g/mol. The molecule has 4 heterocycles. The molecule has 0 radical (unpaired) electrons. The Labute approximate surface area is 291 Å². The molecule has 260 valence electrons. The zero-order valence-electron chi connectivity index (χ0n) is 28.6. The van der Waals surface area contributed by atoms with E-state index >= 15 is 4.79 Å². The number of nitrogens with zero attached hydrogens (tertiary/aromatic N) is 3. The molecule has 8 atom stereocenters. The molecule has 2 fully saturated rings. The van der Waals surface area contributed by atoms with E-state index in [1.165, 1.54) is 4.90 Å². The van der Waals surface area contributed by atoms with E-state index in [4.69, 9.17) is 9.47 Å². The van der Waals surface area contributed by atoms with E-state index in [9.17, 15) is 19.5 Å². The van der Waals surface area contributed by atoms with Gasteiger partial charge in [-0.1, -0.05) is 91.9 Å². The third-order valence-corrected chi connectivity index (χ3v) is 11.0. The maximum absolute atomic E-state index is 15.1. The molecule has 1 N–H and O–H groups in total. The van der Waals surface area contributed by atoms with Crippen molar-refractivity contribution >= 4 is 40.2 Å². The van der Waals surface area contributed by atoms with Crippen LogP contribution in [0.1, 0.15) is 44.8 Å². The third-order valence-electron chi connectivity index (χ3n) is 11.0. The molecule has 0 aliphatic carbocycles. The van der Waals surface area contributed by atoms with Crippen LogP contribution < -0.4 is 4.90 Å². The number of allylic oxidation sites excluding steroid dienone is 1. The second kappa shape index (κ2) is 13.5. The number of esters is 1. The molecule has 4 aliphatic rings. The van der Waals surface area contributed by atoms with E-state index in [2.05, 4.69) is 0 Å². The maximum Gasteiger partial charge on any atom is 0.313 e. The van der Waals surface area contributed by atoms with Gasteiger partial charge in [0.2, 0.25) is 11.8 Å². The Morgan fingerprint density at radius 1 is 0.940 bits per heavy atom. The fourth-order valence-electron chi connectivity index (χ4n) is 8.18. The summed E-state index contributed by atoms with van der Waals surface area (Å²) in [6, 6.07) is 20.5. The lowest BCUT2D eigenvalue weighted by Gasteiger charge is -2.38. The summed E-state index contributed by atoms with van der Waals surface area (Å²) in [5.74, 6) is -3.64. The molecule has 3 aromatic rings. The molecular weight excluding hydrogens is 634 g/mol. The number of fused-ring (bicyclic) bond motifs is 3. The summed E-state index contributed by atoms with van der Waals surface area (Å²) in [6.45, 7) is 3.51. The first kappa shape index (κ1) is 33.7. The number of amides is 3. The van der Waals surface area contributed by atoms with Crippen LogP contribution in [-0.2, 0) is 28.7 Å². The van der Waals surface area contributed by atoms with Gasteiger partial charge in [0, 0.05) is 25.7 Å². The number of likely N-dealkylation sites (N-methyl/N-ethyl adjacent to an activating group) is 1. The van der Waals surface area contributed by atoms with E-state index in [-0.39, 0.29) is 31.4 Å². The van der Waals surface area contributed by atoms with Crippen molar-refractivity contribution < 1.29 is 33.8 Å². The lowest BCUT2D eigenvalue weighted by Crippen LogP contribution is -2.58. The number of cyclic esters (lactones) is 1. The average Bonchev–Trinajstić information content (AvgIpc) is 3.79. The number of benzene rings is 3. The summed E-state index contributed by atoms with van der Waals surface area (Å²) >= 11 is 0. The van der Waals surface area contributed by atoms with E-state index in [1.54, 1.807) is 29.0 Å². The highest BCUT2D eigenvalue weighted by Crippen LogP contribution is 2.56. The van der Waals surface area contributed by atoms with Gasteiger partial charge in [0.25, 0.3) is 5.91 Å². The van der Waals surface area contributed by atoms with Crippen molar-refractivity contribution in [1.29, 1.82) is 0 Å². The first-order valence-electron chi connectivity index (χ1n) is 17.5. The number of carbonyl (C=O) groups excluding carboxylic acids is 4. The lowest BCUT2D eigenvalue weighted by atomic mass is 9.74. The number of anilines is 1. The molecule has 0 saturated carbocycles. The van der Waals surface area contributed by atoms with Crippen LogP contribution in [0.5, 0.6) is 0 Å². The topological polar surface area (TPSA) is 117 Å². The molecule has 10 nitrogen and oxygen atoms in total. The molecule has 4 aliphatic heterocycles. The van der Waals surface area contributed by atoms with E-state index in [1.807, 2.05) is 98.8 Å². The number of ether oxygens (including phenoxy) is 2. The molecule has 0 unspecified atom stereocenters. The molecule has 3 aromatic carbocycles. The van der Waals surface area contributed by atoms with Crippen LogP contribution >= 0.6 is 0 Å². The Bertz CT molecular complexity index is 1860. The van der Waals surface area contributed by atoms with Crippen LogP contribution in [0, 0.1) is 11.8 Å². The maximum atomic E-state index is 15.1. The number of aliphatic hydroxyl groups excluding tert-OH is 1. The Balaban J connectivity index is 1.36. The predicted octanol–water partition coefficient (Wildman–Crippen LogP) is 4.58. The molecule has 10 heteroatoms. The van der Waals surface area contributed by atoms with Crippen LogP contribution in [0.15, 0.2) is 97.1 Å². The molecule has 3 amide bonds. The molecule has 2 saturated heterocycles. The van der Waals surface area contributed by atoms with Crippen LogP contribution in [-0.4, -0.2) is 88.6 Å². The summed E-state index contributed by atoms with van der Waals surface area (Å²) in [5, 5.41) is 12.5. The predicted molar refractivity (Wildman–Crippen MR) is 188 cm³/mol. The standard InChI is InChI=1S/C40H43N3O7/c1-4-29(24-44)43-36-38(47)42(30-19-18-26-13-10-11-16-28(26)23-30)22-12-6-9-17-32(45)41(3)25(2)35(27-14-7-5-8-15-27)49-39(48)33-31-20-21-40(36,50-31)34(33)37(43)46/h5-8,10-16,18-21,23,25,29,31,33-36,44H,4,9,17,22,24H2,1-3H3/b12-6-/t25-,29-,31+,33-,34-,35+,36+,40-/m0/s1. The van der Waals surface area contributed by atoms with Crippen molar-refractivity contribution in [2.45, 2.75) is 69.0 Å². The fourth-order valence-corrected chi connectivity index (χ4v) is 8.18. The van der Waals surface area contributed by atoms with E-state index in [0.717, 1.165) is 10.8 Å². The summed E-state index contributed by atoms with van der Waals surface area (Å²) in [6.07, 6.45) is 6.72. The van der Waals surface area contributed by atoms with E-state index in [0.29, 0.717) is 24.1 Å². The zero-order valence-corrected chi connectivity index (χ0v) is 28.6. The number of aliphatic hydroxyl groups is 1. The van der Waals surface area contributed by atoms with Crippen molar-refractivity contribution in [2.24, 2.45) is 11.8 Å². The molecule has 7 rings (SSSR count). The second-order valence-corrected chi connectivity index (χ2v) is 13.7. The van der Waals surface area contributed by atoms with Crippen LogP contribution in [0.2, 0.25) is 0 Å². The Kier molecular flexibility index (Phi) is 9.09. The molecule has 0 aromatic heterocycles. The van der Waals surface area contributed by atoms with Gasteiger partial charge in [-0.25, -0.2) is 0 Å². The number of rotatable bonds is 5. The van der Waals surface area contributed by atoms with Crippen molar-refractivity contribution in [3.8, 4) is 0 Å². The SMILES string of the molecule is CC[C@@H](CO)N1C(=O)[C@@H]2[C@H]3C(=O)O[C@@H](c4ccccc4)[C@H](C)N(C)C(=O)CC/C=C\CN(c4ccc5ccccc5c4)C(=O)[C@@H]1[C@]21C=C[C@H]3O1. The lowest BCUT2D eigenvalue weighted by molar-refractivity contribution is -0.164. The van der Waals surface area contributed by atoms with Gasteiger partial charge in [0.1, 0.15) is 23.7 Å². The minimum absolute atomic E-state index is 0.115. The molecule has 50 heavy (non-hydrogen) atoms. The van der Waals surface area contributed by atoms with Gasteiger partial charge in [-0.15, -0.1) is 0 Å². The third kappa shape index (κ3) is 5.51. The van der Waals surface area contributed by atoms with Crippen molar-refractivity contribution in [1.82, 2.24) is 9.80 Å². The number of likely N-dealkylation sites (tertiary alicyclic amines) is 1. The number of carbonyl (C=O) groups is 4. The van der Waals surface area contributed by atoms with Gasteiger partial charge in [0.15, 0.2) is 0 Å². The summed E-state index contributed by atoms with van der Waals surface area (Å²) in [5.41, 5.74) is -0.105. The second-order valence-electron chi connectivity index (χ2n) is 13.7. The van der Waals surface area contributed by atoms with Gasteiger partial charge in [-0.05, 0) is 48.2 Å². The van der Waals surface area contributed by atoms with Gasteiger partial charge in [0.05, 0.1) is 30.7 Å². The van der Waals surface area contributed by atoms with Gasteiger partial charge in [-0.3, -0.25) is 19.2 Å². The zero-order chi connectivity index (χ0) is 35.2. The summed E-state index contributed by atoms with van der Waals surface area (Å²) in [4.78, 5) is 62.3. The molecule has 1 spiro atoms. The fraction of sp³-hybridized carbons (Fsp3) is 0.400. The highest BCUT2D eigenvalue weighted by Gasteiger charge is 2.74. The van der Waals surface area contributed by atoms with Gasteiger partial charge in [-0.2, -0.15) is 0 Å². The van der Waals surface area contributed by atoms with Crippen molar-refractivity contribution in [3.63, 3.8) is 0 Å². The molecular formula is C40H43N3O7. The van der Waals surface area contributed by atoms with Gasteiger partial charge < -0.3 is 29.3 Å². The summed E-state index contributed by atoms with van der Waals surface area (Å²) in [7, 11) is 1.70. The highest BCUT2D eigenvalue weighted by atomic mass is 16.6.